The quantitative estimate of drug-likeness (QED) is 0.0534. The van der Waals surface area contributed by atoms with Crippen LogP contribution in [0.4, 0.5) is 0 Å². The van der Waals surface area contributed by atoms with E-state index in [1.54, 1.807) is 0 Å². The lowest BCUT2D eigenvalue weighted by Gasteiger charge is -2.20. The molecule has 0 saturated heterocycles. The summed E-state index contributed by atoms with van der Waals surface area (Å²) in [7, 11) is 0. The van der Waals surface area contributed by atoms with E-state index in [1.165, 1.54) is 0 Å². The van der Waals surface area contributed by atoms with Crippen molar-refractivity contribution in [3.63, 3.8) is 0 Å². The Bertz CT molecular complexity index is 670. The smallest absolute Gasteiger partial charge is 0.327 e. The second-order valence-corrected chi connectivity index (χ2v) is 6.51. The molecule has 0 saturated carbocycles. The molecule has 0 aromatic carbocycles. The molecule has 15 heteroatoms. The highest BCUT2D eigenvalue weighted by molar-refractivity contribution is 7.80. The summed E-state index contributed by atoms with van der Waals surface area (Å²) in [5.41, 5.74) is 21.2. The fourth-order valence-corrected chi connectivity index (χ4v) is 2.31. The Kier molecular flexibility index (Phi) is 12.6. The average molecular weight is 449 g/mol. The van der Waals surface area contributed by atoms with Gasteiger partial charge >= 0.3 is 5.97 Å². The minimum atomic E-state index is -1.37. The first-order chi connectivity index (χ1) is 14.0. The molecule has 0 radical (unpaired) electrons. The number of nitrogens with two attached hydrogens (primary N) is 4. The molecule has 0 aliphatic heterocycles. The number of hydrogen-bond acceptors (Lipinski definition) is 8. The van der Waals surface area contributed by atoms with Crippen molar-refractivity contribution in [2.45, 2.75) is 37.4 Å². The van der Waals surface area contributed by atoms with Gasteiger partial charge in [-0.1, -0.05) is 0 Å². The number of carbonyl (C=O) groups is 5. The van der Waals surface area contributed by atoms with Gasteiger partial charge in [0, 0.05) is 12.3 Å². The summed E-state index contributed by atoms with van der Waals surface area (Å²) in [5, 5.41) is 15.5. The van der Waals surface area contributed by atoms with Crippen LogP contribution in [-0.4, -0.2) is 77.6 Å². The molecular weight excluding hydrogens is 420 g/mol. The van der Waals surface area contributed by atoms with E-state index in [0.29, 0.717) is 6.42 Å². The summed E-state index contributed by atoms with van der Waals surface area (Å²) in [6.07, 6.45) is 0.0692. The molecule has 3 unspecified atom stereocenters. The molecule has 14 nitrogen and oxygen atoms in total. The number of thiol groups is 1. The monoisotopic (exact) mass is 448 g/mol. The molecule has 0 aliphatic rings. The van der Waals surface area contributed by atoms with Crippen LogP contribution in [0, 0.1) is 0 Å². The number of amides is 4. The Morgan fingerprint density at radius 3 is 2.13 bits per heavy atom. The molecule has 0 bridgehead atoms. The minimum absolute atomic E-state index is 0.0979. The lowest BCUT2D eigenvalue weighted by Crippen LogP contribution is -2.54. The highest BCUT2D eigenvalue weighted by Crippen LogP contribution is 1.99. The van der Waals surface area contributed by atoms with Gasteiger partial charge in [-0.2, -0.15) is 12.6 Å². The first-order valence-electron chi connectivity index (χ1n) is 8.78. The molecule has 0 aliphatic carbocycles. The average Bonchev–Trinajstić information content (AvgIpc) is 2.65. The zero-order chi connectivity index (χ0) is 23.3. The van der Waals surface area contributed by atoms with E-state index in [1.807, 2.05) is 0 Å². The summed E-state index contributed by atoms with van der Waals surface area (Å²) in [6, 6.07) is -3.61. The SMILES string of the molecule is NC(=O)CC(NC(=O)C(N)CCCN=C(N)N)C(=O)NCC(=O)NC(CS)C(=O)O. The molecule has 170 valence electrons. The Balaban J connectivity index is 4.74. The topological polar surface area (TPSA) is 258 Å². The third-order valence-electron chi connectivity index (χ3n) is 3.58. The highest BCUT2D eigenvalue weighted by Gasteiger charge is 2.26. The molecule has 4 amide bonds. The Labute approximate surface area is 178 Å². The van der Waals surface area contributed by atoms with Gasteiger partial charge in [-0.25, -0.2) is 4.79 Å². The maximum Gasteiger partial charge on any atom is 0.327 e. The molecular formula is C15H28N8O6S. The van der Waals surface area contributed by atoms with Gasteiger partial charge in [-0.15, -0.1) is 0 Å². The van der Waals surface area contributed by atoms with Crippen molar-refractivity contribution in [3.8, 4) is 0 Å². The largest absolute Gasteiger partial charge is 0.480 e. The number of rotatable bonds is 14. The number of carbonyl (C=O) groups excluding carboxylic acids is 4. The van der Waals surface area contributed by atoms with Crippen molar-refractivity contribution in [2.75, 3.05) is 18.8 Å². The van der Waals surface area contributed by atoms with Crippen molar-refractivity contribution >= 4 is 48.2 Å². The Morgan fingerprint density at radius 1 is 1.00 bits per heavy atom. The fraction of sp³-hybridized carbons (Fsp3) is 0.600. The van der Waals surface area contributed by atoms with Crippen LogP contribution < -0.4 is 38.9 Å². The van der Waals surface area contributed by atoms with Gasteiger partial charge in [0.2, 0.25) is 23.6 Å². The van der Waals surface area contributed by atoms with E-state index in [4.69, 9.17) is 28.0 Å². The summed E-state index contributed by atoms with van der Waals surface area (Å²) >= 11 is 3.79. The lowest BCUT2D eigenvalue weighted by atomic mass is 10.1. The van der Waals surface area contributed by atoms with Gasteiger partial charge in [-0.3, -0.25) is 24.2 Å². The van der Waals surface area contributed by atoms with Gasteiger partial charge in [0.25, 0.3) is 0 Å². The Hall–Kier alpha value is -3.07. The number of carboxylic acids is 1. The van der Waals surface area contributed by atoms with E-state index >= 15 is 0 Å². The number of primary amides is 1. The molecule has 0 rings (SSSR count). The van der Waals surface area contributed by atoms with Gasteiger partial charge < -0.3 is 44.0 Å². The van der Waals surface area contributed by atoms with E-state index in [0.717, 1.165) is 0 Å². The van der Waals surface area contributed by atoms with Crippen molar-refractivity contribution in [1.29, 1.82) is 0 Å². The summed E-state index contributed by atoms with van der Waals surface area (Å²) < 4.78 is 0. The maximum atomic E-state index is 12.2. The summed E-state index contributed by atoms with van der Waals surface area (Å²) in [4.78, 5) is 61.9. The third-order valence-corrected chi connectivity index (χ3v) is 3.95. The molecule has 30 heavy (non-hydrogen) atoms. The highest BCUT2D eigenvalue weighted by atomic mass is 32.1. The zero-order valence-corrected chi connectivity index (χ0v) is 17.1. The van der Waals surface area contributed by atoms with Crippen molar-refractivity contribution in [3.05, 3.63) is 0 Å². The lowest BCUT2D eigenvalue weighted by molar-refractivity contribution is -0.141. The molecule has 0 spiro atoms. The number of nitrogens with zero attached hydrogens (tertiary/aromatic N) is 1. The van der Waals surface area contributed by atoms with Crippen LogP contribution in [0.1, 0.15) is 19.3 Å². The summed E-state index contributed by atoms with van der Waals surface area (Å²) in [5.74, 6) is -4.81. The van der Waals surface area contributed by atoms with E-state index < -0.39 is 60.7 Å². The van der Waals surface area contributed by atoms with E-state index in [2.05, 4.69) is 33.6 Å². The van der Waals surface area contributed by atoms with Crippen LogP contribution in [0.3, 0.4) is 0 Å². The predicted molar refractivity (Wildman–Crippen MR) is 110 cm³/mol. The standard InChI is InChI=1S/C15H28N8O6S/c16-7(2-1-3-20-15(18)19)12(26)23-8(4-10(17)24)13(27)21-5-11(25)22-9(6-30)14(28)29/h7-9,30H,1-6,16H2,(H2,17,24)(H,21,27)(H,22,25)(H,23,26)(H,28,29)(H4,18,19,20). The minimum Gasteiger partial charge on any atom is -0.480 e. The number of hydrogen-bond donors (Lipinski definition) is 9. The second-order valence-electron chi connectivity index (χ2n) is 6.15. The number of guanidine groups is 1. The molecule has 0 aromatic heterocycles. The number of carboxylic acid groups (broad SMARTS) is 1. The van der Waals surface area contributed by atoms with Gasteiger partial charge in [-0.05, 0) is 12.8 Å². The van der Waals surface area contributed by atoms with Crippen LogP contribution in [0.5, 0.6) is 0 Å². The number of nitrogens with one attached hydrogen (secondary N) is 3. The first kappa shape index (κ1) is 26.9. The predicted octanol–water partition coefficient (Wildman–Crippen LogP) is -4.66. The first-order valence-corrected chi connectivity index (χ1v) is 9.41. The van der Waals surface area contributed by atoms with Crippen molar-refractivity contribution in [2.24, 2.45) is 27.9 Å². The molecule has 0 heterocycles. The van der Waals surface area contributed by atoms with Crippen molar-refractivity contribution in [1.82, 2.24) is 16.0 Å². The van der Waals surface area contributed by atoms with Crippen LogP contribution in [0.25, 0.3) is 0 Å². The van der Waals surface area contributed by atoms with E-state index in [-0.39, 0.29) is 24.7 Å². The number of aliphatic imine (C=N–C) groups is 1. The normalized spacial score (nSPS) is 13.3. The Morgan fingerprint density at radius 2 is 1.63 bits per heavy atom. The van der Waals surface area contributed by atoms with Crippen LogP contribution >= 0.6 is 12.6 Å². The molecule has 3 atom stereocenters. The molecule has 0 fully saturated rings. The van der Waals surface area contributed by atoms with Crippen LogP contribution in [-0.2, 0) is 24.0 Å². The van der Waals surface area contributed by atoms with Crippen molar-refractivity contribution < 1.29 is 29.1 Å². The van der Waals surface area contributed by atoms with Crippen LogP contribution in [0.15, 0.2) is 4.99 Å². The third kappa shape index (κ3) is 11.7. The maximum absolute atomic E-state index is 12.2. The summed E-state index contributed by atoms with van der Waals surface area (Å²) in [6.45, 7) is -0.334. The van der Waals surface area contributed by atoms with Gasteiger partial charge in [0.15, 0.2) is 5.96 Å². The zero-order valence-electron chi connectivity index (χ0n) is 16.2. The van der Waals surface area contributed by atoms with E-state index in [9.17, 15) is 24.0 Å². The molecule has 0 aromatic rings. The van der Waals surface area contributed by atoms with Crippen LogP contribution in [0.2, 0.25) is 0 Å². The van der Waals surface area contributed by atoms with Gasteiger partial charge in [0.05, 0.1) is 19.0 Å². The van der Waals surface area contributed by atoms with Gasteiger partial charge in [0.1, 0.15) is 12.1 Å². The fourth-order valence-electron chi connectivity index (χ4n) is 2.06. The number of aliphatic carboxylic acids is 1. The molecule has 12 N–H and O–H groups in total. The second kappa shape index (κ2) is 14.0.